The molecule has 0 spiro atoms. The normalized spacial score (nSPS) is 12.1. The summed E-state index contributed by atoms with van der Waals surface area (Å²) in [5, 5.41) is 6.74. The molecule has 0 aliphatic rings. The molecule has 3 aromatic rings. The second-order valence-corrected chi connectivity index (χ2v) is 6.56. The van der Waals surface area contributed by atoms with Crippen molar-refractivity contribution >= 4 is 23.5 Å². The number of nitrogens with one attached hydrogen (secondary N) is 1. The van der Waals surface area contributed by atoms with E-state index in [0.29, 0.717) is 28.8 Å². The molecule has 0 aliphatic heterocycles. The molecule has 0 saturated heterocycles. The lowest BCUT2D eigenvalue weighted by Crippen LogP contribution is -2.25. The van der Waals surface area contributed by atoms with E-state index in [1.807, 2.05) is 6.92 Å². The Balaban J connectivity index is 1.76. The number of nitrogens with zero attached hydrogens (tertiary/aromatic N) is 3. The van der Waals surface area contributed by atoms with Crippen LogP contribution in [0.3, 0.4) is 0 Å². The molecule has 1 N–H and O–H groups in total. The molecule has 130 valence electrons. The third kappa shape index (κ3) is 4.08. The minimum atomic E-state index is -0.369. The molecule has 1 aromatic carbocycles. The van der Waals surface area contributed by atoms with Gasteiger partial charge in [0.2, 0.25) is 5.91 Å². The number of hydrogen-bond donors (Lipinski definition) is 1. The Morgan fingerprint density at radius 2 is 2.28 bits per heavy atom. The highest BCUT2D eigenvalue weighted by Crippen LogP contribution is 2.27. The summed E-state index contributed by atoms with van der Waals surface area (Å²) in [4.78, 5) is 16.8. The molecule has 0 saturated carbocycles. The van der Waals surface area contributed by atoms with E-state index in [1.54, 1.807) is 42.1 Å². The fourth-order valence-electron chi connectivity index (χ4n) is 2.28. The van der Waals surface area contributed by atoms with Gasteiger partial charge in [-0.25, -0.2) is 9.37 Å². The average Bonchev–Trinajstić information content (AvgIpc) is 3.21. The third-order valence-electron chi connectivity index (χ3n) is 3.48. The summed E-state index contributed by atoms with van der Waals surface area (Å²) in [6.07, 6.45) is 3.96. The number of carbonyl (C=O) groups is 1. The molecule has 2 heterocycles. The van der Waals surface area contributed by atoms with Crippen LogP contribution in [0, 0.1) is 12.7 Å². The molecule has 6 nitrogen and oxygen atoms in total. The number of hydrogen-bond acceptors (Lipinski definition) is 5. The highest BCUT2D eigenvalue weighted by molar-refractivity contribution is 8.00. The van der Waals surface area contributed by atoms with E-state index in [-0.39, 0.29) is 17.0 Å². The van der Waals surface area contributed by atoms with Gasteiger partial charge in [-0.3, -0.25) is 9.36 Å². The summed E-state index contributed by atoms with van der Waals surface area (Å²) in [5.41, 5.74) is 0.655. The first-order chi connectivity index (χ1) is 12.1. The first kappa shape index (κ1) is 17.2. The number of rotatable bonds is 6. The highest BCUT2D eigenvalue weighted by atomic mass is 32.2. The number of amides is 1. The van der Waals surface area contributed by atoms with Crippen LogP contribution in [-0.2, 0) is 4.79 Å². The molecule has 1 atom stereocenters. The molecule has 0 aliphatic carbocycles. The summed E-state index contributed by atoms with van der Waals surface area (Å²) in [6.45, 7) is 3.67. The number of aryl methyl sites for hydroxylation is 1. The predicted octanol–water partition coefficient (Wildman–Crippen LogP) is 3.82. The van der Waals surface area contributed by atoms with Crippen molar-refractivity contribution in [2.45, 2.75) is 30.7 Å². The van der Waals surface area contributed by atoms with Crippen molar-refractivity contribution in [3.05, 3.63) is 54.3 Å². The molecule has 2 aromatic heterocycles. The Morgan fingerprint density at radius 1 is 1.44 bits per heavy atom. The molecule has 3 rings (SSSR count). The third-order valence-corrected chi connectivity index (χ3v) is 4.83. The van der Waals surface area contributed by atoms with E-state index in [4.69, 9.17) is 4.52 Å². The van der Waals surface area contributed by atoms with Crippen LogP contribution < -0.4 is 5.32 Å². The van der Waals surface area contributed by atoms with E-state index >= 15 is 0 Å². The zero-order chi connectivity index (χ0) is 17.8. The topological polar surface area (TPSA) is 73.0 Å². The summed E-state index contributed by atoms with van der Waals surface area (Å²) < 4.78 is 20.2. The first-order valence-corrected chi connectivity index (χ1v) is 8.65. The Hall–Kier alpha value is -2.61. The summed E-state index contributed by atoms with van der Waals surface area (Å²) in [5.74, 6) is 0.496. The van der Waals surface area contributed by atoms with Crippen LogP contribution >= 0.6 is 11.8 Å². The van der Waals surface area contributed by atoms with Gasteiger partial charge in [0.25, 0.3) is 0 Å². The molecular weight excluding hydrogens is 343 g/mol. The molecule has 1 amide bonds. The van der Waals surface area contributed by atoms with E-state index in [1.165, 1.54) is 23.9 Å². The van der Waals surface area contributed by atoms with Gasteiger partial charge in [0.15, 0.2) is 11.0 Å². The standard InChI is InChI=1S/C17H17FN4O2S/c1-3-14(16(23)20-15-9-11(2)24-21-15)25-17-19-7-8-22(17)13-6-4-5-12(18)10-13/h4-10,14H,3H2,1-2H3,(H,20,21,23)/t14-/m0/s1. The zero-order valence-corrected chi connectivity index (χ0v) is 14.6. The van der Waals surface area contributed by atoms with Gasteiger partial charge in [0.05, 0.1) is 10.9 Å². The predicted molar refractivity (Wildman–Crippen MR) is 93.3 cm³/mol. The summed E-state index contributed by atoms with van der Waals surface area (Å²) >= 11 is 1.32. The Bertz CT molecular complexity index is 877. The maximum atomic E-state index is 13.5. The largest absolute Gasteiger partial charge is 0.360 e. The SMILES string of the molecule is CC[C@H](Sc1nccn1-c1cccc(F)c1)C(=O)Nc1cc(C)on1. The number of aromatic nitrogens is 3. The van der Waals surface area contributed by atoms with Crippen LogP contribution in [0.5, 0.6) is 0 Å². The van der Waals surface area contributed by atoms with Crippen molar-refractivity contribution in [2.24, 2.45) is 0 Å². The van der Waals surface area contributed by atoms with Crippen molar-refractivity contribution < 1.29 is 13.7 Å². The van der Waals surface area contributed by atoms with E-state index in [0.717, 1.165) is 0 Å². The Kier molecular flexibility index (Phi) is 5.18. The number of imidazole rings is 1. The second kappa shape index (κ2) is 7.52. The van der Waals surface area contributed by atoms with Crippen LogP contribution in [0.15, 0.2) is 52.4 Å². The molecule has 0 radical (unpaired) electrons. The first-order valence-electron chi connectivity index (χ1n) is 7.77. The van der Waals surface area contributed by atoms with Gasteiger partial charge in [0, 0.05) is 18.5 Å². The molecular formula is C17H17FN4O2S. The number of halogens is 1. The van der Waals surface area contributed by atoms with E-state index in [9.17, 15) is 9.18 Å². The van der Waals surface area contributed by atoms with Gasteiger partial charge in [0.1, 0.15) is 11.6 Å². The number of anilines is 1. The Morgan fingerprint density at radius 3 is 2.96 bits per heavy atom. The van der Waals surface area contributed by atoms with Crippen molar-refractivity contribution in [1.29, 1.82) is 0 Å². The average molecular weight is 360 g/mol. The summed E-state index contributed by atoms with van der Waals surface area (Å²) in [6, 6.07) is 7.88. The van der Waals surface area contributed by atoms with E-state index in [2.05, 4.69) is 15.5 Å². The fourth-order valence-corrected chi connectivity index (χ4v) is 3.27. The quantitative estimate of drug-likeness (QED) is 0.677. The Labute approximate surface area is 148 Å². The number of carbonyl (C=O) groups excluding carboxylic acids is 1. The molecule has 0 bridgehead atoms. The van der Waals surface area contributed by atoms with Crippen molar-refractivity contribution in [3.8, 4) is 5.69 Å². The molecule has 0 fully saturated rings. The lowest BCUT2D eigenvalue weighted by Gasteiger charge is -2.14. The monoisotopic (exact) mass is 360 g/mol. The van der Waals surface area contributed by atoms with Gasteiger partial charge in [-0.05, 0) is 31.5 Å². The lowest BCUT2D eigenvalue weighted by molar-refractivity contribution is -0.115. The van der Waals surface area contributed by atoms with Crippen LogP contribution in [0.4, 0.5) is 10.2 Å². The maximum absolute atomic E-state index is 13.5. The van der Waals surface area contributed by atoms with Crippen LogP contribution in [-0.4, -0.2) is 25.9 Å². The van der Waals surface area contributed by atoms with Crippen molar-refractivity contribution in [1.82, 2.24) is 14.7 Å². The van der Waals surface area contributed by atoms with Crippen LogP contribution in [0.25, 0.3) is 5.69 Å². The van der Waals surface area contributed by atoms with Gasteiger partial charge < -0.3 is 9.84 Å². The lowest BCUT2D eigenvalue weighted by atomic mass is 10.3. The second-order valence-electron chi connectivity index (χ2n) is 5.39. The van der Waals surface area contributed by atoms with Crippen molar-refractivity contribution in [3.63, 3.8) is 0 Å². The zero-order valence-electron chi connectivity index (χ0n) is 13.8. The molecule has 25 heavy (non-hydrogen) atoms. The van der Waals surface area contributed by atoms with Gasteiger partial charge in [-0.2, -0.15) is 0 Å². The fraction of sp³-hybridized carbons (Fsp3) is 0.235. The van der Waals surface area contributed by atoms with Gasteiger partial charge >= 0.3 is 0 Å². The smallest absolute Gasteiger partial charge is 0.239 e. The van der Waals surface area contributed by atoms with E-state index < -0.39 is 0 Å². The van der Waals surface area contributed by atoms with Crippen molar-refractivity contribution in [2.75, 3.05) is 5.32 Å². The summed E-state index contributed by atoms with van der Waals surface area (Å²) in [7, 11) is 0. The minimum absolute atomic E-state index is 0.186. The number of thioether (sulfide) groups is 1. The van der Waals surface area contributed by atoms with Crippen LogP contribution in [0.1, 0.15) is 19.1 Å². The molecule has 0 unspecified atom stereocenters. The molecule has 8 heteroatoms. The maximum Gasteiger partial charge on any atom is 0.239 e. The number of benzene rings is 1. The highest BCUT2D eigenvalue weighted by Gasteiger charge is 2.22. The van der Waals surface area contributed by atoms with Gasteiger partial charge in [-0.1, -0.05) is 29.9 Å². The minimum Gasteiger partial charge on any atom is -0.360 e. The van der Waals surface area contributed by atoms with Crippen LogP contribution in [0.2, 0.25) is 0 Å². The van der Waals surface area contributed by atoms with Gasteiger partial charge in [-0.15, -0.1) is 0 Å².